The molecule has 0 bridgehead atoms. The van der Waals surface area contributed by atoms with E-state index in [1.165, 1.54) is 18.2 Å². The van der Waals surface area contributed by atoms with Crippen LogP contribution in [0.5, 0.6) is 0 Å². The Morgan fingerprint density at radius 1 is 1.38 bits per heavy atom. The molecule has 0 saturated carbocycles. The van der Waals surface area contributed by atoms with Crippen LogP contribution in [0.3, 0.4) is 0 Å². The highest BCUT2D eigenvalue weighted by molar-refractivity contribution is 5.91. The Hall–Kier alpha value is -1.64. The van der Waals surface area contributed by atoms with Crippen molar-refractivity contribution in [2.45, 2.75) is 0 Å². The summed E-state index contributed by atoms with van der Waals surface area (Å²) in [5.74, 6) is -0.457. The monoisotopic (exact) mass is 179 g/mol. The molecule has 0 radical (unpaired) electrons. The molecule has 1 aromatic carbocycles. The molecule has 0 aliphatic heterocycles. The summed E-state index contributed by atoms with van der Waals surface area (Å²) in [5, 5.41) is 2.45. The molecule has 0 unspecified atom stereocenters. The van der Waals surface area contributed by atoms with Crippen LogP contribution in [0.2, 0.25) is 0 Å². The summed E-state index contributed by atoms with van der Waals surface area (Å²) in [5.41, 5.74) is 0.796. The normalized spacial score (nSPS) is 10.3. The quantitative estimate of drug-likeness (QED) is 0.686. The number of amides is 1. The number of carbonyl (C=O) groups is 1. The molecule has 1 rings (SSSR count). The van der Waals surface area contributed by atoms with E-state index in [1.54, 1.807) is 25.3 Å². The number of likely N-dealkylation sites (N-methyl/N-ethyl adjacent to an activating group) is 1. The largest absolute Gasteiger partial charge is 0.356 e. The topological polar surface area (TPSA) is 29.1 Å². The fourth-order valence-corrected chi connectivity index (χ4v) is 0.829. The number of carbonyl (C=O) groups excluding carboxylic acids is 1. The predicted octanol–water partition coefficient (Wildman–Crippen LogP) is 1.58. The standard InChI is InChI=1S/C10H10FNO/c1-12-10(13)7-4-8-2-5-9(11)6-3-8/h2-7H,1H3,(H,12,13)/b7-4+. The summed E-state index contributed by atoms with van der Waals surface area (Å²) in [4.78, 5) is 10.8. The van der Waals surface area contributed by atoms with Crippen molar-refractivity contribution < 1.29 is 9.18 Å². The van der Waals surface area contributed by atoms with Crippen LogP contribution >= 0.6 is 0 Å². The first-order valence-corrected chi connectivity index (χ1v) is 3.88. The molecule has 1 amide bonds. The minimum Gasteiger partial charge on any atom is -0.356 e. The Bertz CT molecular complexity index is 316. The van der Waals surface area contributed by atoms with Gasteiger partial charge in [-0.25, -0.2) is 4.39 Å². The van der Waals surface area contributed by atoms with Gasteiger partial charge in [0.2, 0.25) is 5.91 Å². The van der Waals surface area contributed by atoms with E-state index >= 15 is 0 Å². The van der Waals surface area contributed by atoms with Gasteiger partial charge in [0.1, 0.15) is 5.82 Å². The lowest BCUT2D eigenvalue weighted by Crippen LogP contribution is -2.13. The van der Waals surface area contributed by atoms with Crippen molar-refractivity contribution in [2.24, 2.45) is 0 Å². The third-order valence-electron chi connectivity index (χ3n) is 1.54. The summed E-state index contributed by atoms with van der Waals surface area (Å²) >= 11 is 0. The van der Waals surface area contributed by atoms with E-state index in [4.69, 9.17) is 0 Å². The molecule has 0 aliphatic carbocycles. The van der Waals surface area contributed by atoms with Gasteiger partial charge in [0, 0.05) is 13.1 Å². The zero-order valence-electron chi connectivity index (χ0n) is 7.25. The molecule has 0 saturated heterocycles. The van der Waals surface area contributed by atoms with Crippen LogP contribution in [-0.4, -0.2) is 13.0 Å². The van der Waals surface area contributed by atoms with Crippen LogP contribution in [-0.2, 0) is 4.79 Å². The van der Waals surface area contributed by atoms with Crippen molar-refractivity contribution >= 4 is 12.0 Å². The lowest BCUT2D eigenvalue weighted by molar-refractivity contribution is -0.115. The van der Waals surface area contributed by atoms with E-state index in [9.17, 15) is 9.18 Å². The van der Waals surface area contributed by atoms with Gasteiger partial charge in [-0.2, -0.15) is 0 Å². The minimum atomic E-state index is -0.280. The molecular weight excluding hydrogens is 169 g/mol. The SMILES string of the molecule is CNC(=O)/C=C/c1ccc(F)cc1. The van der Waals surface area contributed by atoms with Gasteiger partial charge in [-0.1, -0.05) is 12.1 Å². The Labute approximate surface area is 76.1 Å². The van der Waals surface area contributed by atoms with Crippen LogP contribution in [0.25, 0.3) is 6.08 Å². The molecule has 0 aromatic heterocycles. The summed E-state index contributed by atoms with van der Waals surface area (Å²) in [6.45, 7) is 0. The number of hydrogen-bond acceptors (Lipinski definition) is 1. The fraction of sp³-hybridized carbons (Fsp3) is 0.100. The highest BCUT2D eigenvalue weighted by atomic mass is 19.1. The van der Waals surface area contributed by atoms with Gasteiger partial charge in [-0.05, 0) is 23.8 Å². The minimum absolute atomic E-state index is 0.177. The summed E-state index contributed by atoms with van der Waals surface area (Å²) in [6.07, 6.45) is 3.02. The van der Waals surface area contributed by atoms with Crippen molar-refractivity contribution in [3.05, 3.63) is 41.7 Å². The second-order valence-electron chi connectivity index (χ2n) is 2.50. The van der Waals surface area contributed by atoms with Gasteiger partial charge in [0.05, 0.1) is 0 Å². The molecule has 1 N–H and O–H groups in total. The molecule has 68 valence electrons. The van der Waals surface area contributed by atoms with E-state index in [0.717, 1.165) is 5.56 Å². The van der Waals surface area contributed by atoms with E-state index in [1.807, 2.05) is 0 Å². The van der Waals surface area contributed by atoms with Gasteiger partial charge in [0.25, 0.3) is 0 Å². The van der Waals surface area contributed by atoms with E-state index < -0.39 is 0 Å². The molecule has 2 nitrogen and oxygen atoms in total. The van der Waals surface area contributed by atoms with Crippen LogP contribution in [0, 0.1) is 5.82 Å². The van der Waals surface area contributed by atoms with Gasteiger partial charge in [-0.15, -0.1) is 0 Å². The highest BCUT2D eigenvalue weighted by Gasteiger charge is 1.90. The first-order valence-electron chi connectivity index (χ1n) is 3.88. The molecule has 0 fully saturated rings. The molecule has 0 atom stereocenters. The van der Waals surface area contributed by atoms with E-state index in [0.29, 0.717) is 0 Å². The second kappa shape index (κ2) is 4.40. The first-order chi connectivity index (χ1) is 6.22. The third-order valence-corrected chi connectivity index (χ3v) is 1.54. The van der Waals surface area contributed by atoms with Crippen molar-refractivity contribution in [2.75, 3.05) is 7.05 Å². The average molecular weight is 179 g/mol. The fourth-order valence-electron chi connectivity index (χ4n) is 0.829. The Morgan fingerprint density at radius 3 is 2.54 bits per heavy atom. The molecule has 0 heterocycles. The van der Waals surface area contributed by atoms with Crippen LogP contribution in [0.15, 0.2) is 30.3 Å². The van der Waals surface area contributed by atoms with Crippen molar-refractivity contribution in [1.29, 1.82) is 0 Å². The summed E-state index contributed by atoms with van der Waals surface area (Å²) in [7, 11) is 1.55. The predicted molar refractivity (Wildman–Crippen MR) is 49.5 cm³/mol. The van der Waals surface area contributed by atoms with Crippen LogP contribution in [0.1, 0.15) is 5.56 Å². The maximum atomic E-state index is 12.4. The van der Waals surface area contributed by atoms with Crippen molar-refractivity contribution in [3.8, 4) is 0 Å². The zero-order chi connectivity index (χ0) is 9.68. The molecule has 13 heavy (non-hydrogen) atoms. The summed E-state index contributed by atoms with van der Waals surface area (Å²) < 4.78 is 12.4. The molecule has 1 aromatic rings. The van der Waals surface area contributed by atoms with Crippen molar-refractivity contribution in [1.82, 2.24) is 5.32 Å². The van der Waals surface area contributed by atoms with Crippen molar-refractivity contribution in [3.63, 3.8) is 0 Å². The third kappa shape index (κ3) is 3.07. The van der Waals surface area contributed by atoms with Gasteiger partial charge < -0.3 is 5.32 Å². The highest BCUT2D eigenvalue weighted by Crippen LogP contribution is 2.04. The smallest absolute Gasteiger partial charge is 0.243 e. The Balaban J connectivity index is 2.69. The summed E-state index contributed by atoms with van der Waals surface area (Å²) in [6, 6.07) is 5.91. The number of rotatable bonds is 2. The number of hydrogen-bond donors (Lipinski definition) is 1. The first kappa shape index (κ1) is 9.45. The Kier molecular flexibility index (Phi) is 3.20. The average Bonchev–Trinajstić information content (AvgIpc) is 2.16. The van der Waals surface area contributed by atoms with Crippen LogP contribution < -0.4 is 5.32 Å². The van der Waals surface area contributed by atoms with Gasteiger partial charge in [-0.3, -0.25) is 4.79 Å². The second-order valence-corrected chi connectivity index (χ2v) is 2.50. The molecule has 0 spiro atoms. The number of nitrogens with one attached hydrogen (secondary N) is 1. The van der Waals surface area contributed by atoms with E-state index in [-0.39, 0.29) is 11.7 Å². The van der Waals surface area contributed by atoms with E-state index in [2.05, 4.69) is 5.32 Å². The molecular formula is C10H10FNO. The number of halogens is 1. The Morgan fingerprint density at radius 2 is 2.00 bits per heavy atom. The van der Waals surface area contributed by atoms with Crippen LogP contribution in [0.4, 0.5) is 4.39 Å². The maximum absolute atomic E-state index is 12.4. The number of benzene rings is 1. The zero-order valence-corrected chi connectivity index (χ0v) is 7.25. The van der Waals surface area contributed by atoms with Gasteiger partial charge >= 0.3 is 0 Å². The molecule has 3 heteroatoms. The lowest BCUT2D eigenvalue weighted by Gasteiger charge is -1.92. The lowest BCUT2D eigenvalue weighted by atomic mass is 10.2. The molecule has 0 aliphatic rings. The maximum Gasteiger partial charge on any atom is 0.243 e. The van der Waals surface area contributed by atoms with Gasteiger partial charge in [0.15, 0.2) is 0 Å².